The summed E-state index contributed by atoms with van der Waals surface area (Å²) in [5.41, 5.74) is 1.29. The first-order valence-electron chi connectivity index (χ1n) is 13.3. The minimum Gasteiger partial charge on any atom is -0.463 e. The molecule has 34 heavy (non-hydrogen) atoms. The van der Waals surface area contributed by atoms with Crippen molar-refractivity contribution >= 4 is 22.9 Å². The smallest absolute Gasteiger partial charge is 0.271 e. The highest BCUT2D eigenvalue weighted by atomic mass is 16.3. The third-order valence-corrected chi connectivity index (χ3v) is 8.65. The Morgan fingerprint density at radius 2 is 1.82 bits per heavy atom. The fourth-order valence-electron chi connectivity index (χ4n) is 6.54. The zero-order valence-electron chi connectivity index (χ0n) is 21.0. The molecule has 2 amide bonds. The third kappa shape index (κ3) is 4.16. The van der Waals surface area contributed by atoms with Crippen LogP contribution in [0.2, 0.25) is 0 Å². The summed E-state index contributed by atoms with van der Waals surface area (Å²) in [5, 5.41) is 3.32. The summed E-state index contributed by atoms with van der Waals surface area (Å²) >= 11 is 0. The molecule has 1 saturated carbocycles. The number of carbonyl (C=O) groups excluding carboxylic acids is 2. The number of amides is 2. The second-order valence-corrected chi connectivity index (χ2v) is 11.0. The molecule has 4 heterocycles. The van der Waals surface area contributed by atoms with Crippen molar-refractivity contribution in [3.63, 3.8) is 0 Å². The molecule has 7 heteroatoms. The summed E-state index contributed by atoms with van der Waals surface area (Å²) in [5.74, 6) is -0.0952. The second-order valence-electron chi connectivity index (χ2n) is 11.0. The predicted molar refractivity (Wildman–Crippen MR) is 133 cm³/mol. The lowest BCUT2D eigenvalue weighted by Crippen LogP contribution is -2.65. The second kappa shape index (κ2) is 9.40. The Morgan fingerprint density at radius 1 is 1.09 bits per heavy atom. The first-order valence-corrected chi connectivity index (χ1v) is 13.3. The first kappa shape index (κ1) is 23.5. The van der Waals surface area contributed by atoms with Gasteiger partial charge in [-0.25, -0.2) is 0 Å². The number of hydrogen-bond acceptors (Lipinski definition) is 4. The van der Waals surface area contributed by atoms with E-state index in [1.54, 1.807) is 6.26 Å². The van der Waals surface area contributed by atoms with E-state index in [1.165, 1.54) is 25.7 Å². The molecule has 2 aromatic heterocycles. The summed E-state index contributed by atoms with van der Waals surface area (Å²) in [6.07, 6.45) is 11.9. The van der Waals surface area contributed by atoms with Crippen LogP contribution in [0, 0.1) is 0 Å². The zero-order valence-corrected chi connectivity index (χ0v) is 21.0. The summed E-state index contributed by atoms with van der Waals surface area (Å²) in [6.45, 7) is 8.55. The molecule has 1 aliphatic carbocycles. The number of likely N-dealkylation sites (tertiary alicyclic amines) is 1. The number of piperidine rings is 1. The molecule has 1 saturated heterocycles. The van der Waals surface area contributed by atoms with Crippen LogP contribution in [0.15, 0.2) is 22.8 Å². The number of nitrogens with one attached hydrogen (secondary N) is 1. The maximum Gasteiger partial charge on any atom is 0.271 e. The molecule has 3 aliphatic rings. The van der Waals surface area contributed by atoms with Gasteiger partial charge in [-0.15, -0.1) is 0 Å². The summed E-state index contributed by atoms with van der Waals surface area (Å²) in [4.78, 5) is 32.0. The minimum absolute atomic E-state index is 0.0246. The van der Waals surface area contributed by atoms with Gasteiger partial charge >= 0.3 is 0 Å². The molecule has 0 aromatic carbocycles. The maximum atomic E-state index is 13.8. The molecule has 2 fully saturated rings. The highest BCUT2D eigenvalue weighted by Gasteiger charge is 2.48. The Kier molecular flexibility index (Phi) is 6.49. The number of carbonyl (C=O) groups is 2. The lowest BCUT2D eigenvalue weighted by molar-refractivity contribution is -0.133. The van der Waals surface area contributed by atoms with Gasteiger partial charge in [0.2, 0.25) is 5.91 Å². The van der Waals surface area contributed by atoms with Crippen LogP contribution >= 0.6 is 0 Å². The maximum absolute atomic E-state index is 13.8. The van der Waals surface area contributed by atoms with E-state index in [-0.39, 0.29) is 17.9 Å². The first-order chi connectivity index (χ1) is 16.4. The fourth-order valence-corrected chi connectivity index (χ4v) is 6.54. The van der Waals surface area contributed by atoms with Gasteiger partial charge in [0.15, 0.2) is 5.58 Å². The standard InChI is InChI=1S/C27H40N4O3/c1-19-9-7-10-20(2)29(19)14-8-15-31-25(32)23-17-24-22(13-16-34-24)30(23)18-27(31,3)26(33)28-21-11-5-4-6-12-21/h13,16-17,19-21H,4-12,14-15,18H2,1-3H3,(H,28,33)/t19-,20-,27-/m1/s1. The molecule has 5 rings (SSSR count). The van der Waals surface area contributed by atoms with E-state index in [4.69, 9.17) is 4.42 Å². The molecule has 7 nitrogen and oxygen atoms in total. The number of aromatic nitrogens is 1. The zero-order chi connectivity index (χ0) is 23.9. The third-order valence-electron chi connectivity index (χ3n) is 8.65. The van der Waals surface area contributed by atoms with Crippen molar-refractivity contribution in [3.05, 3.63) is 24.1 Å². The lowest BCUT2D eigenvalue weighted by atomic mass is 9.91. The molecule has 0 spiro atoms. The van der Waals surface area contributed by atoms with Gasteiger partial charge in [-0.3, -0.25) is 14.5 Å². The molecular weight excluding hydrogens is 428 g/mol. The highest BCUT2D eigenvalue weighted by Crippen LogP contribution is 2.33. The molecule has 0 unspecified atom stereocenters. The average Bonchev–Trinajstić information content (AvgIpc) is 3.41. The average molecular weight is 469 g/mol. The normalized spacial score (nSPS) is 28.9. The van der Waals surface area contributed by atoms with Crippen LogP contribution in [0.25, 0.3) is 11.1 Å². The van der Waals surface area contributed by atoms with Gasteiger partial charge in [0.25, 0.3) is 5.91 Å². The molecule has 186 valence electrons. The van der Waals surface area contributed by atoms with Crippen molar-refractivity contribution in [2.24, 2.45) is 0 Å². The van der Waals surface area contributed by atoms with Crippen molar-refractivity contribution in [1.29, 1.82) is 0 Å². The van der Waals surface area contributed by atoms with Gasteiger partial charge in [-0.2, -0.15) is 0 Å². The minimum atomic E-state index is -0.927. The van der Waals surface area contributed by atoms with Gasteiger partial charge < -0.3 is 19.2 Å². The van der Waals surface area contributed by atoms with Crippen LogP contribution < -0.4 is 5.32 Å². The van der Waals surface area contributed by atoms with Crippen LogP contribution in [0.3, 0.4) is 0 Å². The Labute approximate surface area is 202 Å². The van der Waals surface area contributed by atoms with E-state index in [2.05, 4.69) is 24.1 Å². The quantitative estimate of drug-likeness (QED) is 0.675. The summed E-state index contributed by atoms with van der Waals surface area (Å²) < 4.78 is 7.57. The Balaban J connectivity index is 1.38. The van der Waals surface area contributed by atoms with E-state index in [9.17, 15) is 9.59 Å². The van der Waals surface area contributed by atoms with Crippen LogP contribution in [0.5, 0.6) is 0 Å². The van der Waals surface area contributed by atoms with Gasteiger partial charge in [-0.1, -0.05) is 25.7 Å². The van der Waals surface area contributed by atoms with Crippen molar-refractivity contribution in [1.82, 2.24) is 19.7 Å². The molecule has 0 bridgehead atoms. The van der Waals surface area contributed by atoms with Crippen LogP contribution in [0.1, 0.15) is 89.0 Å². The Bertz CT molecular complexity index is 1030. The van der Waals surface area contributed by atoms with Gasteiger partial charge in [0.1, 0.15) is 11.2 Å². The van der Waals surface area contributed by atoms with Crippen molar-refractivity contribution in [2.75, 3.05) is 13.1 Å². The molecular formula is C27H40N4O3. The Hall–Kier alpha value is -2.28. The number of rotatable bonds is 6. The fraction of sp³-hybridized carbons (Fsp3) is 0.704. The number of fused-ring (bicyclic) bond motifs is 3. The molecule has 0 radical (unpaired) electrons. The van der Waals surface area contributed by atoms with E-state index in [0.717, 1.165) is 44.2 Å². The molecule has 2 aromatic rings. The summed E-state index contributed by atoms with van der Waals surface area (Å²) in [7, 11) is 0. The SMILES string of the molecule is C[C@@H]1CCC[C@@H](C)N1CCCN1C(=O)c2cc3occc3n2C[C@]1(C)C(=O)NC1CCCCC1. The number of nitrogens with zero attached hydrogens (tertiary/aromatic N) is 3. The van der Waals surface area contributed by atoms with Crippen LogP contribution in [-0.4, -0.2) is 62.9 Å². The predicted octanol–water partition coefficient (Wildman–Crippen LogP) is 4.55. The number of furan rings is 1. The van der Waals surface area contributed by atoms with E-state index < -0.39 is 5.54 Å². The van der Waals surface area contributed by atoms with E-state index >= 15 is 0 Å². The van der Waals surface area contributed by atoms with Crippen molar-refractivity contribution in [3.8, 4) is 0 Å². The topological polar surface area (TPSA) is 70.7 Å². The van der Waals surface area contributed by atoms with Crippen molar-refractivity contribution < 1.29 is 14.0 Å². The lowest BCUT2D eigenvalue weighted by Gasteiger charge is -2.45. The molecule has 2 aliphatic heterocycles. The van der Waals surface area contributed by atoms with Crippen LogP contribution in [0.4, 0.5) is 0 Å². The van der Waals surface area contributed by atoms with Gasteiger partial charge in [-0.05, 0) is 52.9 Å². The molecule has 1 N–H and O–H groups in total. The largest absolute Gasteiger partial charge is 0.463 e. The summed E-state index contributed by atoms with van der Waals surface area (Å²) in [6, 6.07) is 5.08. The number of hydrogen-bond donors (Lipinski definition) is 1. The Morgan fingerprint density at radius 3 is 2.56 bits per heavy atom. The highest BCUT2D eigenvalue weighted by molar-refractivity contribution is 6.02. The van der Waals surface area contributed by atoms with Crippen molar-refractivity contribution in [2.45, 2.75) is 109 Å². The van der Waals surface area contributed by atoms with Crippen LogP contribution in [-0.2, 0) is 11.3 Å². The van der Waals surface area contributed by atoms with Gasteiger partial charge in [0.05, 0.1) is 18.3 Å². The van der Waals surface area contributed by atoms with Gasteiger partial charge in [0, 0.05) is 43.3 Å². The van der Waals surface area contributed by atoms with E-state index in [0.29, 0.717) is 36.5 Å². The van der Waals surface area contributed by atoms with E-state index in [1.807, 2.05) is 28.5 Å². The monoisotopic (exact) mass is 468 g/mol. The molecule has 3 atom stereocenters.